The van der Waals surface area contributed by atoms with Gasteiger partial charge in [0, 0.05) is 23.2 Å². The van der Waals surface area contributed by atoms with E-state index in [0.29, 0.717) is 0 Å². The van der Waals surface area contributed by atoms with E-state index in [2.05, 4.69) is 4.98 Å². The van der Waals surface area contributed by atoms with Gasteiger partial charge in [0.05, 0.1) is 0 Å². The first-order valence-electron chi connectivity index (χ1n) is 4.44. The zero-order chi connectivity index (χ0) is 9.68. The first-order valence-corrected chi connectivity index (χ1v) is 4.44. The topological polar surface area (TPSA) is 32.9 Å². The molecule has 0 atom stereocenters. The summed E-state index contributed by atoms with van der Waals surface area (Å²) >= 11 is 0. The summed E-state index contributed by atoms with van der Waals surface area (Å²) in [5, 5.41) is 0.745. The van der Waals surface area contributed by atoms with Gasteiger partial charge < -0.3 is 4.98 Å². The second-order valence-electron chi connectivity index (χ2n) is 2.39. The molecule has 0 aliphatic rings. The fourth-order valence-corrected chi connectivity index (χ4v) is 1.12. The van der Waals surface area contributed by atoms with Gasteiger partial charge in [-0.1, -0.05) is 26.0 Å². The van der Waals surface area contributed by atoms with Crippen molar-refractivity contribution in [3.63, 3.8) is 0 Å². The smallest absolute Gasteiger partial charge is 0.189 e. The normalized spacial score (nSPS) is 9.08. The Hall–Kier alpha value is -1.57. The van der Waals surface area contributed by atoms with Crippen LogP contribution in [0, 0.1) is 0 Å². The van der Waals surface area contributed by atoms with Gasteiger partial charge in [0.25, 0.3) is 0 Å². The van der Waals surface area contributed by atoms with E-state index in [-0.39, 0.29) is 5.43 Å². The Morgan fingerprint density at radius 2 is 1.77 bits per heavy atom. The van der Waals surface area contributed by atoms with E-state index in [1.165, 1.54) is 6.07 Å². The molecule has 13 heavy (non-hydrogen) atoms. The number of aromatic amines is 1. The van der Waals surface area contributed by atoms with Crippen molar-refractivity contribution >= 4 is 10.9 Å². The average Bonchev–Trinajstić information content (AvgIpc) is 2.22. The molecule has 0 fully saturated rings. The Bertz CT molecular complexity index is 426. The summed E-state index contributed by atoms with van der Waals surface area (Å²) < 4.78 is 0. The van der Waals surface area contributed by atoms with E-state index in [1.807, 2.05) is 38.1 Å². The number of aromatic nitrogens is 1. The summed E-state index contributed by atoms with van der Waals surface area (Å²) in [4.78, 5) is 14.2. The zero-order valence-corrected chi connectivity index (χ0v) is 7.87. The minimum Gasteiger partial charge on any atom is -0.361 e. The summed E-state index contributed by atoms with van der Waals surface area (Å²) in [6, 6.07) is 8.99. The van der Waals surface area contributed by atoms with Gasteiger partial charge in [-0.25, -0.2) is 0 Å². The van der Waals surface area contributed by atoms with Crippen LogP contribution in [0.25, 0.3) is 10.9 Å². The molecule has 68 valence electrons. The van der Waals surface area contributed by atoms with Gasteiger partial charge in [0.15, 0.2) is 5.43 Å². The lowest BCUT2D eigenvalue weighted by molar-refractivity contribution is 1.39. The average molecular weight is 175 g/mol. The molecule has 0 spiro atoms. The van der Waals surface area contributed by atoms with Gasteiger partial charge in [-0.15, -0.1) is 0 Å². The number of hydrogen-bond donors (Lipinski definition) is 1. The SMILES string of the molecule is CC.O=c1cc[nH]c2ccccc12. The van der Waals surface area contributed by atoms with Gasteiger partial charge in [-0.3, -0.25) is 4.79 Å². The molecule has 0 unspecified atom stereocenters. The predicted octanol–water partition coefficient (Wildman–Crippen LogP) is 2.55. The molecule has 2 aromatic rings. The minimum absolute atomic E-state index is 0.0688. The monoisotopic (exact) mass is 175 g/mol. The fourth-order valence-electron chi connectivity index (χ4n) is 1.12. The highest BCUT2D eigenvalue weighted by atomic mass is 16.1. The van der Waals surface area contributed by atoms with E-state index in [9.17, 15) is 4.79 Å². The molecule has 2 rings (SSSR count). The molecule has 0 radical (unpaired) electrons. The number of benzene rings is 1. The van der Waals surface area contributed by atoms with Crippen molar-refractivity contribution in [2.75, 3.05) is 0 Å². The number of fused-ring (bicyclic) bond motifs is 1. The second kappa shape index (κ2) is 4.45. The Labute approximate surface area is 77.2 Å². The van der Waals surface area contributed by atoms with E-state index in [1.54, 1.807) is 6.20 Å². The summed E-state index contributed by atoms with van der Waals surface area (Å²) in [6.45, 7) is 4.00. The van der Waals surface area contributed by atoms with Crippen LogP contribution in [0.2, 0.25) is 0 Å². The molecule has 1 aromatic carbocycles. The summed E-state index contributed by atoms with van der Waals surface area (Å²) in [5.41, 5.74) is 0.958. The summed E-state index contributed by atoms with van der Waals surface area (Å²) in [7, 11) is 0. The van der Waals surface area contributed by atoms with Crippen LogP contribution in [-0.2, 0) is 0 Å². The maximum Gasteiger partial charge on any atom is 0.189 e. The van der Waals surface area contributed by atoms with Crippen molar-refractivity contribution < 1.29 is 0 Å². The van der Waals surface area contributed by atoms with Gasteiger partial charge in [0.2, 0.25) is 0 Å². The van der Waals surface area contributed by atoms with Crippen LogP contribution in [0.1, 0.15) is 13.8 Å². The molecule has 2 heteroatoms. The minimum atomic E-state index is 0.0688. The quantitative estimate of drug-likeness (QED) is 0.655. The number of rotatable bonds is 0. The molecule has 0 saturated heterocycles. The van der Waals surface area contributed by atoms with Crippen molar-refractivity contribution in [3.8, 4) is 0 Å². The molecule has 0 saturated carbocycles. The third kappa shape index (κ3) is 1.96. The lowest BCUT2D eigenvalue weighted by Gasteiger charge is -1.92. The van der Waals surface area contributed by atoms with Gasteiger partial charge in [-0.05, 0) is 12.1 Å². The number of hydrogen-bond acceptors (Lipinski definition) is 1. The van der Waals surface area contributed by atoms with Crippen molar-refractivity contribution in [2.24, 2.45) is 0 Å². The van der Waals surface area contributed by atoms with Crippen molar-refractivity contribution in [3.05, 3.63) is 46.8 Å². The zero-order valence-electron chi connectivity index (χ0n) is 7.87. The van der Waals surface area contributed by atoms with E-state index < -0.39 is 0 Å². The molecule has 0 bridgehead atoms. The van der Waals surface area contributed by atoms with Gasteiger partial charge >= 0.3 is 0 Å². The van der Waals surface area contributed by atoms with Crippen LogP contribution in [-0.4, -0.2) is 4.98 Å². The summed E-state index contributed by atoms with van der Waals surface area (Å²) in [5.74, 6) is 0. The van der Waals surface area contributed by atoms with Gasteiger partial charge in [-0.2, -0.15) is 0 Å². The first kappa shape index (κ1) is 9.52. The molecule has 0 aliphatic heterocycles. The summed E-state index contributed by atoms with van der Waals surface area (Å²) in [6.07, 6.45) is 1.66. The molecular weight excluding hydrogens is 162 g/mol. The molecule has 0 aliphatic carbocycles. The lowest BCUT2D eigenvalue weighted by atomic mass is 10.2. The molecule has 1 N–H and O–H groups in total. The Morgan fingerprint density at radius 3 is 2.46 bits per heavy atom. The van der Waals surface area contributed by atoms with Crippen LogP contribution < -0.4 is 5.43 Å². The Morgan fingerprint density at radius 1 is 1.08 bits per heavy atom. The van der Waals surface area contributed by atoms with Crippen molar-refractivity contribution in [2.45, 2.75) is 13.8 Å². The third-order valence-corrected chi connectivity index (χ3v) is 1.67. The predicted molar refractivity (Wildman–Crippen MR) is 55.9 cm³/mol. The first-order chi connectivity index (χ1) is 6.38. The van der Waals surface area contributed by atoms with Crippen LogP contribution in [0.3, 0.4) is 0 Å². The second-order valence-corrected chi connectivity index (χ2v) is 2.39. The Kier molecular flexibility index (Phi) is 3.26. The third-order valence-electron chi connectivity index (χ3n) is 1.67. The van der Waals surface area contributed by atoms with E-state index in [0.717, 1.165) is 10.9 Å². The van der Waals surface area contributed by atoms with Crippen LogP contribution >= 0.6 is 0 Å². The van der Waals surface area contributed by atoms with Crippen molar-refractivity contribution in [1.29, 1.82) is 0 Å². The largest absolute Gasteiger partial charge is 0.361 e. The fraction of sp³-hybridized carbons (Fsp3) is 0.182. The van der Waals surface area contributed by atoms with Gasteiger partial charge in [0.1, 0.15) is 0 Å². The van der Waals surface area contributed by atoms with Crippen LogP contribution in [0.4, 0.5) is 0 Å². The number of para-hydroxylation sites is 1. The number of pyridine rings is 1. The maximum absolute atomic E-state index is 11.2. The maximum atomic E-state index is 11.2. The van der Waals surface area contributed by atoms with E-state index >= 15 is 0 Å². The highest BCUT2D eigenvalue weighted by molar-refractivity contribution is 5.77. The Balaban J connectivity index is 0.000000396. The standard InChI is InChI=1S/C9H7NO.C2H6/c11-9-5-6-10-8-4-2-1-3-7(8)9;1-2/h1-6H,(H,10,11);1-2H3. The molecule has 1 heterocycles. The number of H-pyrrole nitrogens is 1. The molecule has 0 amide bonds. The molecule has 2 nitrogen and oxygen atoms in total. The van der Waals surface area contributed by atoms with E-state index in [4.69, 9.17) is 0 Å². The molecular formula is C11H13NO. The van der Waals surface area contributed by atoms with Crippen molar-refractivity contribution in [1.82, 2.24) is 4.98 Å². The number of nitrogens with one attached hydrogen (secondary N) is 1. The highest BCUT2D eigenvalue weighted by Gasteiger charge is 1.92. The lowest BCUT2D eigenvalue weighted by Crippen LogP contribution is -1.98. The van der Waals surface area contributed by atoms with Crippen LogP contribution in [0.5, 0.6) is 0 Å². The van der Waals surface area contributed by atoms with Crippen LogP contribution in [0.15, 0.2) is 41.3 Å². The molecule has 1 aromatic heterocycles. The highest BCUT2D eigenvalue weighted by Crippen LogP contribution is 2.03.